The summed E-state index contributed by atoms with van der Waals surface area (Å²) in [6.45, 7) is 4.03. The number of benzene rings is 1. The first-order valence-electron chi connectivity index (χ1n) is 7.74. The van der Waals surface area contributed by atoms with Gasteiger partial charge in [-0.15, -0.1) is 0 Å². The Balaban J connectivity index is 2.25. The molecule has 0 fully saturated rings. The Kier molecular flexibility index (Phi) is 11.0. The van der Waals surface area contributed by atoms with Gasteiger partial charge < -0.3 is 30.7 Å². The van der Waals surface area contributed by atoms with Crippen LogP contribution in [0.5, 0.6) is 0 Å². The molecule has 0 spiro atoms. The van der Waals surface area contributed by atoms with Crippen molar-refractivity contribution < 1.29 is 9.47 Å². The second-order valence-electron chi connectivity index (χ2n) is 5.02. The summed E-state index contributed by atoms with van der Waals surface area (Å²) in [6, 6.07) is 8.29. The summed E-state index contributed by atoms with van der Waals surface area (Å²) in [5.74, 6) is 0. The lowest BCUT2D eigenvalue weighted by molar-refractivity contribution is 0.204. The number of ether oxygens (including phenoxy) is 2. The molecule has 0 unspecified atom stereocenters. The first-order valence-corrected chi connectivity index (χ1v) is 8.56. The van der Waals surface area contributed by atoms with Crippen molar-refractivity contribution in [2.45, 2.75) is 13.1 Å². The van der Waals surface area contributed by atoms with Gasteiger partial charge in [-0.25, -0.2) is 0 Å². The molecular weight excluding hydrogens is 344 g/mol. The van der Waals surface area contributed by atoms with Crippen LogP contribution in [0.15, 0.2) is 24.3 Å². The molecule has 0 aliphatic carbocycles. The summed E-state index contributed by atoms with van der Waals surface area (Å²) in [5.41, 5.74) is 2.32. The molecule has 0 saturated heterocycles. The molecule has 134 valence electrons. The molecule has 0 amide bonds. The summed E-state index contributed by atoms with van der Waals surface area (Å²) >= 11 is 10.4. The fraction of sp³-hybridized carbons (Fsp3) is 0.500. The summed E-state index contributed by atoms with van der Waals surface area (Å²) < 4.78 is 9.92. The van der Waals surface area contributed by atoms with E-state index in [1.807, 2.05) is 0 Å². The minimum atomic E-state index is 0.630. The molecule has 0 saturated carbocycles. The molecule has 0 atom stereocenters. The van der Waals surface area contributed by atoms with Gasteiger partial charge >= 0.3 is 0 Å². The van der Waals surface area contributed by atoms with Gasteiger partial charge in [-0.2, -0.15) is 0 Å². The molecule has 0 bridgehead atoms. The van der Waals surface area contributed by atoms with Crippen LogP contribution in [0.2, 0.25) is 0 Å². The monoisotopic (exact) mass is 370 g/mol. The Hall–Kier alpha value is -1.48. The summed E-state index contributed by atoms with van der Waals surface area (Å²) in [5, 5.41) is 13.7. The zero-order chi connectivity index (χ0) is 17.6. The van der Waals surface area contributed by atoms with Crippen molar-refractivity contribution in [1.29, 1.82) is 0 Å². The number of thiocarbonyl (C=S) groups is 2. The van der Waals surface area contributed by atoms with E-state index in [2.05, 4.69) is 45.5 Å². The molecule has 6 nitrogen and oxygen atoms in total. The fourth-order valence-electron chi connectivity index (χ4n) is 1.80. The van der Waals surface area contributed by atoms with Gasteiger partial charge in [-0.1, -0.05) is 24.3 Å². The summed E-state index contributed by atoms with van der Waals surface area (Å²) in [4.78, 5) is 0. The Bertz CT molecular complexity index is 452. The van der Waals surface area contributed by atoms with E-state index in [-0.39, 0.29) is 0 Å². The van der Waals surface area contributed by atoms with Crippen LogP contribution in [-0.4, -0.2) is 50.7 Å². The van der Waals surface area contributed by atoms with Gasteiger partial charge in [-0.3, -0.25) is 0 Å². The topological polar surface area (TPSA) is 66.6 Å². The number of methoxy groups -OCH3 is 2. The highest BCUT2D eigenvalue weighted by Gasteiger charge is 1.99. The zero-order valence-corrected chi connectivity index (χ0v) is 15.8. The molecule has 0 aliphatic rings. The lowest BCUT2D eigenvalue weighted by Crippen LogP contribution is -2.36. The second kappa shape index (κ2) is 12.9. The third kappa shape index (κ3) is 9.61. The SMILES string of the molecule is COCCNC(=S)NCc1ccc(CNC(=S)NCCOC)cc1. The van der Waals surface area contributed by atoms with Crippen LogP contribution in [0, 0.1) is 0 Å². The zero-order valence-electron chi connectivity index (χ0n) is 14.2. The molecule has 4 N–H and O–H groups in total. The van der Waals surface area contributed by atoms with Crippen LogP contribution in [0.1, 0.15) is 11.1 Å². The van der Waals surface area contributed by atoms with E-state index in [0.29, 0.717) is 49.6 Å². The Morgan fingerprint density at radius 2 is 1.12 bits per heavy atom. The Labute approximate surface area is 154 Å². The van der Waals surface area contributed by atoms with Crippen molar-refractivity contribution in [3.05, 3.63) is 35.4 Å². The largest absolute Gasteiger partial charge is 0.383 e. The molecule has 1 aromatic rings. The maximum Gasteiger partial charge on any atom is 0.166 e. The van der Waals surface area contributed by atoms with Crippen LogP contribution in [0.3, 0.4) is 0 Å². The molecule has 0 radical (unpaired) electrons. The molecule has 1 aromatic carbocycles. The minimum absolute atomic E-state index is 0.630. The van der Waals surface area contributed by atoms with Crippen LogP contribution in [0.4, 0.5) is 0 Å². The quantitative estimate of drug-likeness (QED) is 0.358. The molecule has 1 rings (SSSR count). The van der Waals surface area contributed by atoms with E-state index in [0.717, 1.165) is 11.1 Å². The Morgan fingerprint density at radius 3 is 1.46 bits per heavy atom. The smallest absolute Gasteiger partial charge is 0.166 e. The van der Waals surface area contributed by atoms with Crippen LogP contribution >= 0.6 is 24.4 Å². The van der Waals surface area contributed by atoms with Crippen molar-refractivity contribution in [1.82, 2.24) is 21.3 Å². The normalized spacial score (nSPS) is 10.1. The molecule has 8 heteroatoms. The highest BCUT2D eigenvalue weighted by molar-refractivity contribution is 7.80. The fourth-order valence-corrected chi connectivity index (χ4v) is 2.15. The van der Waals surface area contributed by atoms with Gasteiger partial charge in [0, 0.05) is 40.4 Å². The predicted molar refractivity (Wildman–Crippen MR) is 105 cm³/mol. The number of rotatable bonds is 10. The number of hydrogen-bond acceptors (Lipinski definition) is 4. The van der Waals surface area contributed by atoms with Gasteiger partial charge in [0.1, 0.15) is 0 Å². The van der Waals surface area contributed by atoms with Crippen molar-refractivity contribution in [3.8, 4) is 0 Å². The Morgan fingerprint density at radius 1 is 0.750 bits per heavy atom. The predicted octanol–water partition coefficient (Wildman–Crippen LogP) is 0.908. The van der Waals surface area contributed by atoms with E-state index in [4.69, 9.17) is 33.9 Å². The maximum absolute atomic E-state index is 5.19. The van der Waals surface area contributed by atoms with Gasteiger partial charge in [-0.05, 0) is 35.6 Å². The van der Waals surface area contributed by atoms with Crippen molar-refractivity contribution in [2.75, 3.05) is 40.5 Å². The van der Waals surface area contributed by atoms with Crippen molar-refractivity contribution >= 4 is 34.7 Å². The van der Waals surface area contributed by atoms with Gasteiger partial charge in [0.15, 0.2) is 10.2 Å². The van der Waals surface area contributed by atoms with E-state index < -0.39 is 0 Å². The highest BCUT2D eigenvalue weighted by Crippen LogP contribution is 2.04. The standard InChI is InChI=1S/C16H26N4O2S2/c1-21-9-7-17-15(23)19-11-13-3-5-14(6-4-13)12-20-16(24)18-8-10-22-2/h3-6H,7-12H2,1-2H3,(H2,17,19,23)(H2,18,20,24). The van der Waals surface area contributed by atoms with Gasteiger partial charge in [0.25, 0.3) is 0 Å². The van der Waals surface area contributed by atoms with E-state index in [1.165, 1.54) is 0 Å². The molecular formula is C16H26N4O2S2. The van der Waals surface area contributed by atoms with Crippen LogP contribution < -0.4 is 21.3 Å². The lowest BCUT2D eigenvalue weighted by atomic mass is 10.1. The van der Waals surface area contributed by atoms with E-state index in [9.17, 15) is 0 Å². The molecule has 0 heterocycles. The van der Waals surface area contributed by atoms with Crippen molar-refractivity contribution in [3.63, 3.8) is 0 Å². The average molecular weight is 371 g/mol. The van der Waals surface area contributed by atoms with Crippen LogP contribution in [-0.2, 0) is 22.6 Å². The highest BCUT2D eigenvalue weighted by atomic mass is 32.1. The van der Waals surface area contributed by atoms with E-state index >= 15 is 0 Å². The molecule has 24 heavy (non-hydrogen) atoms. The van der Waals surface area contributed by atoms with Crippen molar-refractivity contribution in [2.24, 2.45) is 0 Å². The lowest BCUT2D eigenvalue weighted by Gasteiger charge is -2.12. The second-order valence-corrected chi connectivity index (χ2v) is 5.84. The average Bonchev–Trinajstić information content (AvgIpc) is 2.59. The third-order valence-electron chi connectivity index (χ3n) is 3.11. The maximum atomic E-state index is 5.19. The van der Waals surface area contributed by atoms with Gasteiger partial charge in [0.2, 0.25) is 0 Å². The number of hydrogen-bond donors (Lipinski definition) is 4. The summed E-state index contributed by atoms with van der Waals surface area (Å²) in [6.07, 6.45) is 0. The minimum Gasteiger partial charge on any atom is -0.383 e. The van der Waals surface area contributed by atoms with Gasteiger partial charge in [0.05, 0.1) is 13.2 Å². The molecule has 0 aromatic heterocycles. The third-order valence-corrected chi connectivity index (χ3v) is 3.69. The first-order chi connectivity index (χ1) is 11.7. The van der Waals surface area contributed by atoms with Crippen LogP contribution in [0.25, 0.3) is 0 Å². The van der Waals surface area contributed by atoms with E-state index in [1.54, 1.807) is 14.2 Å². The first kappa shape index (κ1) is 20.6. The number of nitrogens with one attached hydrogen (secondary N) is 4. The molecule has 0 aliphatic heterocycles. The summed E-state index contributed by atoms with van der Waals surface area (Å²) in [7, 11) is 3.33.